The topological polar surface area (TPSA) is 111 Å². The predicted octanol–water partition coefficient (Wildman–Crippen LogP) is 7.14. The van der Waals surface area contributed by atoms with Crippen LogP contribution in [0.15, 0.2) is 102 Å². The Bertz CT molecular complexity index is 1440. The maximum atomic E-state index is 12.9. The number of benzene rings is 3. The van der Waals surface area contributed by atoms with Crippen molar-refractivity contribution in [3.05, 3.63) is 119 Å². The van der Waals surface area contributed by atoms with E-state index in [2.05, 4.69) is 52.2 Å². The molecule has 236 valence electrons. The molecule has 0 saturated heterocycles. The van der Waals surface area contributed by atoms with Crippen LogP contribution in [-0.4, -0.2) is 48.1 Å². The van der Waals surface area contributed by atoms with Gasteiger partial charge in [-0.05, 0) is 57.2 Å². The molecule has 0 fully saturated rings. The lowest BCUT2D eigenvalue weighted by molar-refractivity contribution is -0.135. The first-order chi connectivity index (χ1) is 21.7. The quantitative estimate of drug-likeness (QED) is 0.0502. The number of hydrogen-bond acceptors (Lipinski definition) is 9. The Hall–Kier alpha value is -4.70. The number of anilines is 1. The number of nitrogens with zero attached hydrogens (tertiary/aromatic N) is 2. The zero-order chi connectivity index (χ0) is 32.1. The highest BCUT2D eigenvalue weighted by atomic mass is 32.1. The van der Waals surface area contributed by atoms with Gasteiger partial charge in [0, 0.05) is 11.9 Å². The van der Waals surface area contributed by atoms with E-state index in [1.165, 1.54) is 11.3 Å². The second-order valence-corrected chi connectivity index (χ2v) is 12.0. The molecule has 9 nitrogen and oxygen atoms in total. The molecule has 0 aliphatic heterocycles. The number of nitrogens with one attached hydrogen (secondary N) is 2. The van der Waals surface area contributed by atoms with Gasteiger partial charge in [-0.15, -0.1) is 11.3 Å². The Balaban J connectivity index is 1.54. The van der Waals surface area contributed by atoms with Gasteiger partial charge in [-0.25, -0.2) is 14.6 Å². The number of hydrogen-bond donors (Lipinski definition) is 2. The average molecular weight is 629 g/mol. The average Bonchev–Trinajstić information content (AvgIpc) is 3.49. The first-order valence-corrected chi connectivity index (χ1v) is 15.9. The molecule has 1 aromatic heterocycles. The zero-order valence-electron chi connectivity index (χ0n) is 26.1. The van der Waals surface area contributed by atoms with Crippen molar-refractivity contribution in [2.24, 2.45) is 5.16 Å². The van der Waals surface area contributed by atoms with Crippen molar-refractivity contribution in [1.82, 2.24) is 10.3 Å². The van der Waals surface area contributed by atoms with E-state index in [-0.39, 0.29) is 18.9 Å². The summed E-state index contributed by atoms with van der Waals surface area (Å²) >= 11 is 1.36. The second kappa shape index (κ2) is 15.9. The van der Waals surface area contributed by atoms with Crippen LogP contribution in [0.3, 0.4) is 0 Å². The molecule has 0 atom stereocenters. The van der Waals surface area contributed by atoms with Crippen molar-refractivity contribution in [2.45, 2.75) is 51.7 Å². The van der Waals surface area contributed by atoms with Gasteiger partial charge in [0.15, 0.2) is 5.13 Å². The third-order valence-corrected chi connectivity index (χ3v) is 7.37. The largest absolute Gasteiger partial charge is 0.461 e. The minimum absolute atomic E-state index is 0.0160. The van der Waals surface area contributed by atoms with Gasteiger partial charge in [-0.3, -0.25) is 0 Å². The van der Waals surface area contributed by atoms with Crippen molar-refractivity contribution in [3.63, 3.8) is 0 Å². The summed E-state index contributed by atoms with van der Waals surface area (Å²) < 4.78 is 10.5. The van der Waals surface area contributed by atoms with Crippen LogP contribution in [0.2, 0.25) is 0 Å². The smallest absolute Gasteiger partial charge is 0.407 e. The number of alkyl carbamates (subject to hydrolysis) is 1. The number of esters is 1. The van der Waals surface area contributed by atoms with Crippen molar-refractivity contribution in [1.29, 1.82) is 0 Å². The molecule has 0 bridgehead atoms. The molecule has 0 saturated carbocycles. The molecule has 1 amide bonds. The molecule has 4 rings (SSSR count). The van der Waals surface area contributed by atoms with E-state index in [4.69, 9.17) is 19.3 Å². The van der Waals surface area contributed by atoms with Crippen LogP contribution in [0.1, 0.15) is 62.9 Å². The molecule has 0 spiro atoms. The van der Waals surface area contributed by atoms with Gasteiger partial charge in [-0.1, -0.05) is 96.2 Å². The number of carbonyl (C=O) groups is 2. The lowest BCUT2D eigenvalue weighted by Crippen LogP contribution is -2.38. The summed E-state index contributed by atoms with van der Waals surface area (Å²) in [6.45, 7) is 8.03. The number of carbonyl (C=O) groups excluding carboxylic acids is 2. The van der Waals surface area contributed by atoms with Gasteiger partial charge in [0.25, 0.3) is 0 Å². The fourth-order valence-corrected chi connectivity index (χ4v) is 5.43. The summed E-state index contributed by atoms with van der Waals surface area (Å²) in [5.74, 6) is -0.624. The third kappa shape index (κ3) is 9.15. The number of ether oxygens (including phenoxy) is 2. The molecule has 1 heterocycles. The van der Waals surface area contributed by atoms with Gasteiger partial charge in [0.1, 0.15) is 23.4 Å². The van der Waals surface area contributed by atoms with E-state index in [9.17, 15) is 9.59 Å². The number of aromatic nitrogens is 1. The van der Waals surface area contributed by atoms with Crippen molar-refractivity contribution < 1.29 is 23.9 Å². The van der Waals surface area contributed by atoms with E-state index in [1.807, 2.05) is 75.4 Å². The normalized spacial score (nSPS) is 11.9. The Morgan fingerprint density at radius 1 is 0.844 bits per heavy atom. The summed E-state index contributed by atoms with van der Waals surface area (Å²) in [4.78, 5) is 35.0. The van der Waals surface area contributed by atoms with Crippen LogP contribution < -0.4 is 10.6 Å². The van der Waals surface area contributed by atoms with Crippen molar-refractivity contribution >= 4 is 34.2 Å². The van der Waals surface area contributed by atoms with Gasteiger partial charge >= 0.3 is 12.1 Å². The molecule has 0 radical (unpaired) electrons. The molecule has 3 aromatic carbocycles. The number of unbranched alkanes of at least 4 members (excludes halogenated alkanes) is 1. The van der Waals surface area contributed by atoms with Crippen molar-refractivity contribution in [3.8, 4) is 0 Å². The zero-order valence-corrected chi connectivity index (χ0v) is 26.9. The van der Waals surface area contributed by atoms with Crippen LogP contribution in [-0.2, 0) is 24.6 Å². The summed E-state index contributed by atoms with van der Waals surface area (Å²) in [7, 11) is 0. The number of oxime groups is 1. The minimum Gasteiger partial charge on any atom is -0.461 e. The lowest BCUT2D eigenvalue weighted by Gasteiger charge is -2.36. The Labute approximate surface area is 268 Å². The van der Waals surface area contributed by atoms with Gasteiger partial charge in [0.05, 0.1) is 6.61 Å². The molecule has 10 heteroatoms. The van der Waals surface area contributed by atoms with E-state index < -0.39 is 23.2 Å². The van der Waals surface area contributed by atoms with Crippen LogP contribution in [0.25, 0.3) is 0 Å². The summed E-state index contributed by atoms with van der Waals surface area (Å²) in [5, 5.41) is 12.9. The molecular weight excluding hydrogens is 588 g/mol. The van der Waals surface area contributed by atoms with E-state index in [0.717, 1.165) is 16.7 Å². The van der Waals surface area contributed by atoms with Gasteiger partial charge < -0.3 is 24.9 Å². The van der Waals surface area contributed by atoms with E-state index in [0.29, 0.717) is 30.2 Å². The first-order valence-electron chi connectivity index (χ1n) is 15.0. The highest BCUT2D eigenvalue weighted by Crippen LogP contribution is 2.40. The minimum atomic E-state index is -0.774. The summed E-state index contributed by atoms with van der Waals surface area (Å²) in [6, 6.07) is 30.6. The number of rotatable bonds is 14. The lowest BCUT2D eigenvalue weighted by atomic mass is 9.77. The standard InChI is InChI=1S/C35H40N4O5S/c1-5-42-31(40)30(39-43-24-16-15-23-36-33(41)44-34(2,3)4)29-25-45-32(37-29)38-35(26-17-9-6-10-18-26,27-19-11-7-12-20-27)28-21-13-8-14-22-28/h6-14,17-22,25H,5,15-16,23-24H2,1-4H3,(H,36,41)(H,37,38)/b39-30+. The van der Waals surface area contributed by atoms with Crippen molar-refractivity contribution in [2.75, 3.05) is 25.1 Å². The van der Waals surface area contributed by atoms with E-state index >= 15 is 0 Å². The molecule has 0 unspecified atom stereocenters. The Morgan fingerprint density at radius 2 is 1.40 bits per heavy atom. The molecule has 0 aliphatic rings. The van der Waals surface area contributed by atoms with Gasteiger partial charge in [0.2, 0.25) is 5.71 Å². The number of thiazole rings is 1. The fraction of sp³-hybridized carbons (Fsp3) is 0.314. The molecule has 4 aromatic rings. The van der Waals surface area contributed by atoms with Crippen LogP contribution in [0, 0.1) is 0 Å². The highest BCUT2D eigenvalue weighted by molar-refractivity contribution is 7.14. The molecule has 2 N–H and O–H groups in total. The van der Waals surface area contributed by atoms with Crippen LogP contribution >= 0.6 is 11.3 Å². The maximum Gasteiger partial charge on any atom is 0.407 e. The SMILES string of the molecule is CCOC(=O)/C(=N/OCCCCNC(=O)OC(C)(C)C)c1csc(NC(c2ccccc2)(c2ccccc2)c2ccccc2)n1. The number of amides is 1. The highest BCUT2D eigenvalue weighted by Gasteiger charge is 2.37. The Morgan fingerprint density at radius 3 is 1.91 bits per heavy atom. The first kappa shape index (κ1) is 33.2. The fourth-order valence-electron chi connectivity index (χ4n) is 4.68. The Kier molecular flexibility index (Phi) is 11.7. The van der Waals surface area contributed by atoms with Crippen LogP contribution in [0.4, 0.5) is 9.93 Å². The summed E-state index contributed by atoms with van der Waals surface area (Å²) in [5.41, 5.74) is 2.09. The predicted molar refractivity (Wildman–Crippen MR) is 178 cm³/mol. The monoisotopic (exact) mass is 628 g/mol. The maximum absolute atomic E-state index is 12.9. The second-order valence-electron chi connectivity index (χ2n) is 11.1. The third-order valence-electron chi connectivity index (χ3n) is 6.62. The summed E-state index contributed by atoms with van der Waals surface area (Å²) in [6.07, 6.45) is 0.789. The van der Waals surface area contributed by atoms with E-state index in [1.54, 1.807) is 12.3 Å². The molecule has 0 aliphatic carbocycles. The van der Waals surface area contributed by atoms with Crippen LogP contribution in [0.5, 0.6) is 0 Å². The molecule has 45 heavy (non-hydrogen) atoms. The molecular formula is C35H40N4O5S. The van der Waals surface area contributed by atoms with Gasteiger partial charge in [-0.2, -0.15) is 0 Å².